The normalized spacial score (nSPS) is 23.9. The molecule has 1 saturated carbocycles. The first-order valence-electron chi connectivity index (χ1n) is 6.18. The van der Waals surface area contributed by atoms with Crippen molar-refractivity contribution < 1.29 is 0 Å². The molecule has 0 aliphatic heterocycles. The Kier molecular flexibility index (Phi) is 3.10. The van der Waals surface area contributed by atoms with E-state index >= 15 is 0 Å². The molecule has 0 amide bonds. The quantitative estimate of drug-likeness (QED) is 0.602. The Hall–Kier alpha value is -0.520. The van der Waals surface area contributed by atoms with Gasteiger partial charge in [-0.25, -0.2) is 0 Å². The SMILES string of the molecule is CC(C)C1=CC(C2CCCCC2)=CC1. The maximum atomic E-state index is 2.49. The molecule has 0 aromatic heterocycles. The third-order valence-electron chi connectivity index (χ3n) is 3.74. The van der Waals surface area contributed by atoms with Crippen LogP contribution in [0, 0.1) is 11.8 Å². The molecule has 0 spiro atoms. The second-order valence-corrected chi connectivity index (χ2v) is 5.12. The molecule has 0 radical (unpaired) electrons. The fourth-order valence-corrected chi connectivity index (χ4v) is 2.69. The van der Waals surface area contributed by atoms with Gasteiger partial charge in [-0.15, -0.1) is 0 Å². The van der Waals surface area contributed by atoms with Gasteiger partial charge in [0.15, 0.2) is 0 Å². The van der Waals surface area contributed by atoms with Crippen molar-refractivity contribution in [2.45, 2.75) is 52.4 Å². The van der Waals surface area contributed by atoms with E-state index < -0.39 is 0 Å². The minimum atomic E-state index is 0.743. The van der Waals surface area contributed by atoms with Gasteiger partial charge in [-0.2, -0.15) is 0 Å². The van der Waals surface area contributed by atoms with Crippen LogP contribution in [0.5, 0.6) is 0 Å². The van der Waals surface area contributed by atoms with Crippen molar-refractivity contribution >= 4 is 0 Å². The monoisotopic (exact) mass is 190 g/mol. The van der Waals surface area contributed by atoms with E-state index in [0.29, 0.717) is 0 Å². The van der Waals surface area contributed by atoms with Gasteiger partial charge >= 0.3 is 0 Å². The lowest BCUT2D eigenvalue weighted by Gasteiger charge is -2.21. The minimum Gasteiger partial charge on any atom is -0.0769 e. The summed E-state index contributed by atoms with van der Waals surface area (Å²) in [6, 6.07) is 0. The average molecular weight is 190 g/mol. The molecule has 2 rings (SSSR count). The summed E-state index contributed by atoms with van der Waals surface area (Å²) >= 11 is 0. The lowest BCUT2D eigenvalue weighted by molar-refractivity contribution is 0.408. The zero-order valence-electron chi connectivity index (χ0n) is 9.55. The van der Waals surface area contributed by atoms with E-state index in [2.05, 4.69) is 26.0 Å². The standard InChI is InChI=1S/C14H22/c1-11(2)13-8-9-14(10-13)12-6-4-3-5-7-12/h9-12H,3-8H2,1-2H3. The van der Waals surface area contributed by atoms with Crippen molar-refractivity contribution in [3.63, 3.8) is 0 Å². The minimum absolute atomic E-state index is 0.743. The first kappa shape index (κ1) is 10.0. The molecule has 78 valence electrons. The maximum Gasteiger partial charge on any atom is -0.0127 e. The maximum absolute atomic E-state index is 2.49. The van der Waals surface area contributed by atoms with Gasteiger partial charge in [-0.3, -0.25) is 0 Å². The topological polar surface area (TPSA) is 0 Å². The second kappa shape index (κ2) is 4.33. The molecule has 0 atom stereocenters. The predicted molar refractivity (Wildman–Crippen MR) is 62.2 cm³/mol. The Morgan fingerprint density at radius 1 is 1.14 bits per heavy atom. The summed E-state index contributed by atoms with van der Waals surface area (Å²) in [6.07, 6.45) is 13.4. The summed E-state index contributed by atoms with van der Waals surface area (Å²) in [5.41, 5.74) is 3.30. The zero-order chi connectivity index (χ0) is 9.97. The van der Waals surface area contributed by atoms with E-state index in [0.717, 1.165) is 11.8 Å². The van der Waals surface area contributed by atoms with Crippen LogP contribution in [0.3, 0.4) is 0 Å². The van der Waals surface area contributed by atoms with E-state index in [4.69, 9.17) is 0 Å². The largest absolute Gasteiger partial charge is 0.0769 e. The summed E-state index contributed by atoms with van der Waals surface area (Å²) in [4.78, 5) is 0. The molecule has 0 nitrogen and oxygen atoms in total. The van der Waals surface area contributed by atoms with Crippen molar-refractivity contribution in [2.75, 3.05) is 0 Å². The first-order valence-corrected chi connectivity index (χ1v) is 6.18. The Morgan fingerprint density at radius 3 is 2.43 bits per heavy atom. The van der Waals surface area contributed by atoms with Crippen molar-refractivity contribution in [3.05, 3.63) is 23.3 Å². The number of hydrogen-bond donors (Lipinski definition) is 0. The molecule has 0 saturated heterocycles. The van der Waals surface area contributed by atoms with Gasteiger partial charge < -0.3 is 0 Å². The van der Waals surface area contributed by atoms with E-state index in [9.17, 15) is 0 Å². The van der Waals surface area contributed by atoms with Crippen LogP contribution in [-0.4, -0.2) is 0 Å². The summed E-state index contributed by atoms with van der Waals surface area (Å²) < 4.78 is 0. The highest BCUT2D eigenvalue weighted by atomic mass is 14.2. The van der Waals surface area contributed by atoms with Crippen LogP contribution in [0.4, 0.5) is 0 Å². The Bertz CT molecular complexity index is 249. The lowest BCUT2D eigenvalue weighted by Crippen LogP contribution is -2.07. The molecule has 2 aliphatic carbocycles. The molecule has 0 unspecified atom stereocenters. The fraction of sp³-hybridized carbons (Fsp3) is 0.714. The van der Waals surface area contributed by atoms with Crippen molar-refractivity contribution in [3.8, 4) is 0 Å². The molecule has 2 aliphatic rings. The van der Waals surface area contributed by atoms with Gasteiger partial charge in [0.05, 0.1) is 0 Å². The van der Waals surface area contributed by atoms with Gasteiger partial charge in [0.2, 0.25) is 0 Å². The Morgan fingerprint density at radius 2 is 1.86 bits per heavy atom. The van der Waals surface area contributed by atoms with E-state index in [1.165, 1.54) is 38.5 Å². The molecule has 14 heavy (non-hydrogen) atoms. The van der Waals surface area contributed by atoms with Crippen LogP contribution in [0.15, 0.2) is 23.3 Å². The highest BCUT2D eigenvalue weighted by molar-refractivity contribution is 5.35. The first-order chi connectivity index (χ1) is 6.77. The summed E-state index contributed by atoms with van der Waals surface area (Å²) in [6.45, 7) is 4.62. The molecule has 0 bridgehead atoms. The molecule has 0 aromatic carbocycles. The van der Waals surface area contributed by atoms with E-state index in [1.54, 1.807) is 11.1 Å². The molecule has 0 N–H and O–H groups in total. The third kappa shape index (κ3) is 2.10. The molecule has 0 aromatic rings. The van der Waals surface area contributed by atoms with Crippen LogP contribution < -0.4 is 0 Å². The highest BCUT2D eigenvalue weighted by Gasteiger charge is 2.19. The molecular weight excluding hydrogens is 168 g/mol. The summed E-state index contributed by atoms with van der Waals surface area (Å²) in [5.74, 6) is 1.65. The van der Waals surface area contributed by atoms with Crippen LogP contribution in [0.1, 0.15) is 52.4 Å². The second-order valence-electron chi connectivity index (χ2n) is 5.12. The number of hydrogen-bond acceptors (Lipinski definition) is 0. The van der Waals surface area contributed by atoms with Gasteiger partial charge in [-0.05, 0) is 36.7 Å². The smallest absolute Gasteiger partial charge is 0.0127 e. The van der Waals surface area contributed by atoms with E-state index in [-0.39, 0.29) is 0 Å². The summed E-state index contributed by atoms with van der Waals surface area (Å²) in [5, 5.41) is 0. The molecule has 1 fully saturated rings. The van der Waals surface area contributed by atoms with E-state index in [1.807, 2.05) is 0 Å². The highest BCUT2D eigenvalue weighted by Crippen LogP contribution is 2.35. The number of rotatable bonds is 2. The van der Waals surface area contributed by atoms with Crippen LogP contribution in [0.2, 0.25) is 0 Å². The Labute approximate surface area is 88.1 Å². The lowest BCUT2D eigenvalue weighted by atomic mass is 9.84. The predicted octanol–water partition coefficient (Wildman–Crippen LogP) is 4.48. The van der Waals surface area contributed by atoms with Gasteiger partial charge in [0, 0.05) is 0 Å². The molecule has 0 heterocycles. The van der Waals surface area contributed by atoms with Crippen molar-refractivity contribution in [1.82, 2.24) is 0 Å². The van der Waals surface area contributed by atoms with Gasteiger partial charge in [0.1, 0.15) is 0 Å². The molecule has 0 heteroatoms. The summed E-state index contributed by atoms with van der Waals surface area (Å²) in [7, 11) is 0. The average Bonchev–Trinajstić information content (AvgIpc) is 2.68. The van der Waals surface area contributed by atoms with Crippen molar-refractivity contribution in [2.24, 2.45) is 11.8 Å². The Balaban J connectivity index is 1.98. The van der Waals surface area contributed by atoms with Gasteiger partial charge in [-0.1, -0.05) is 50.8 Å². The zero-order valence-corrected chi connectivity index (χ0v) is 9.55. The molecular formula is C14H22. The van der Waals surface area contributed by atoms with Crippen LogP contribution in [-0.2, 0) is 0 Å². The fourth-order valence-electron chi connectivity index (χ4n) is 2.69. The van der Waals surface area contributed by atoms with Crippen LogP contribution in [0.25, 0.3) is 0 Å². The van der Waals surface area contributed by atoms with Crippen molar-refractivity contribution in [1.29, 1.82) is 0 Å². The van der Waals surface area contributed by atoms with Gasteiger partial charge in [0.25, 0.3) is 0 Å². The third-order valence-corrected chi connectivity index (χ3v) is 3.74. The number of allylic oxidation sites excluding steroid dienone is 4. The van der Waals surface area contributed by atoms with Crippen LogP contribution >= 0.6 is 0 Å².